The molecule has 0 fully saturated rings. The average Bonchev–Trinajstić information content (AvgIpc) is 2.73. The van der Waals surface area contributed by atoms with Crippen molar-refractivity contribution in [3.63, 3.8) is 0 Å². The van der Waals surface area contributed by atoms with Gasteiger partial charge in [0.05, 0.1) is 10.2 Å². The van der Waals surface area contributed by atoms with Crippen molar-refractivity contribution in [2.24, 2.45) is 0 Å². The number of aromatic amines is 1. The van der Waals surface area contributed by atoms with E-state index in [4.69, 9.17) is 5.11 Å². The zero-order chi connectivity index (χ0) is 14.9. The number of aryl methyl sites for hydroxylation is 1. The van der Waals surface area contributed by atoms with Crippen LogP contribution in [0.25, 0.3) is 0 Å². The second-order valence-electron chi connectivity index (χ2n) is 4.13. The molecule has 0 aliphatic carbocycles. The quantitative estimate of drug-likeness (QED) is 0.690. The molecule has 0 saturated carbocycles. The Hall–Kier alpha value is -2.28. The number of hydrogen-bond acceptors (Lipinski definition) is 3. The van der Waals surface area contributed by atoms with Gasteiger partial charge in [0.15, 0.2) is 0 Å². The van der Waals surface area contributed by atoms with E-state index in [0.29, 0.717) is 10.2 Å². The van der Waals surface area contributed by atoms with Crippen LogP contribution in [0, 0.1) is 6.92 Å². The molecule has 0 bridgehead atoms. The number of carboxylic acids is 1. The Kier molecular flexibility index (Phi) is 3.80. The maximum absolute atomic E-state index is 12.0. The van der Waals surface area contributed by atoms with Gasteiger partial charge in [-0.05, 0) is 41.1 Å². The highest BCUT2D eigenvalue weighted by Gasteiger charge is 2.18. The number of carboxylic acid groups (broad SMARTS) is 1. The number of phenolic OH excluding ortho intramolecular Hbond substituents is 1. The topological polar surface area (TPSA) is 102 Å². The SMILES string of the molecule is Cc1[nH]cc(NC(=O)c2ccc(Br)c(O)c2)c1C(=O)O. The molecule has 1 aromatic heterocycles. The summed E-state index contributed by atoms with van der Waals surface area (Å²) in [6.45, 7) is 1.60. The highest BCUT2D eigenvalue weighted by Crippen LogP contribution is 2.25. The van der Waals surface area contributed by atoms with Gasteiger partial charge >= 0.3 is 5.97 Å². The number of phenols is 1. The first kappa shape index (κ1) is 14.1. The lowest BCUT2D eigenvalue weighted by Crippen LogP contribution is -2.14. The van der Waals surface area contributed by atoms with E-state index in [0.717, 1.165) is 0 Å². The number of carbonyl (C=O) groups is 2. The van der Waals surface area contributed by atoms with Gasteiger partial charge in [-0.1, -0.05) is 0 Å². The minimum absolute atomic E-state index is 0.0136. The molecule has 4 N–H and O–H groups in total. The normalized spacial score (nSPS) is 10.3. The number of carbonyl (C=O) groups excluding carboxylic acids is 1. The molecule has 0 aliphatic heterocycles. The van der Waals surface area contributed by atoms with Crippen molar-refractivity contribution in [3.8, 4) is 5.75 Å². The fourth-order valence-corrected chi connectivity index (χ4v) is 2.00. The molecule has 0 aliphatic rings. The molecule has 1 heterocycles. The average molecular weight is 339 g/mol. The molecule has 0 atom stereocenters. The largest absolute Gasteiger partial charge is 0.507 e. The number of amides is 1. The fourth-order valence-electron chi connectivity index (χ4n) is 1.75. The third kappa shape index (κ3) is 2.67. The van der Waals surface area contributed by atoms with Gasteiger partial charge in [-0.25, -0.2) is 4.79 Å². The van der Waals surface area contributed by atoms with E-state index < -0.39 is 11.9 Å². The predicted molar refractivity (Wildman–Crippen MR) is 76.2 cm³/mol. The Labute approximate surface area is 122 Å². The van der Waals surface area contributed by atoms with Gasteiger partial charge in [-0.15, -0.1) is 0 Å². The molecule has 0 saturated heterocycles. The highest BCUT2D eigenvalue weighted by atomic mass is 79.9. The van der Waals surface area contributed by atoms with Gasteiger partial charge in [0.25, 0.3) is 5.91 Å². The number of anilines is 1. The van der Waals surface area contributed by atoms with Gasteiger partial charge in [0.2, 0.25) is 0 Å². The number of halogens is 1. The van der Waals surface area contributed by atoms with E-state index >= 15 is 0 Å². The number of aromatic hydroxyl groups is 1. The van der Waals surface area contributed by atoms with Crippen LogP contribution >= 0.6 is 15.9 Å². The van der Waals surface area contributed by atoms with Crippen molar-refractivity contribution >= 4 is 33.5 Å². The van der Waals surface area contributed by atoms with Gasteiger partial charge in [-0.3, -0.25) is 4.79 Å². The number of rotatable bonds is 3. The molecule has 0 spiro atoms. The Morgan fingerprint density at radius 1 is 1.35 bits per heavy atom. The Morgan fingerprint density at radius 3 is 2.65 bits per heavy atom. The third-order valence-corrected chi connectivity index (χ3v) is 3.42. The summed E-state index contributed by atoms with van der Waals surface area (Å²) >= 11 is 3.11. The summed E-state index contributed by atoms with van der Waals surface area (Å²) in [6, 6.07) is 4.34. The van der Waals surface area contributed by atoms with E-state index in [9.17, 15) is 14.7 Å². The molecule has 0 unspecified atom stereocenters. The maximum Gasteiger partial charge on any atom is 0.339 e. The number of benzene rings is 1. The molecule has 6 nitrogen and oxygen atoms in total. The van der Waals surface area contributed by atoms with Gasteiger partial charge < -0.3 is 20.5 Å². The lowest BCUT2D eigenvalue weighted by molar-refractivity contribution is 0.0697. The van der Waals surface area contributed by atoms with Crippen molar-refractivity contribution in [1.29, 1.82) is 0 Å². The van der Waals surface area contributed by atoms with Crippen LogP contribution in [0.2, 0.25) is 0 Å². The monoisotopic (exact) mass is 338 g/mol. The smallest absolute Gasteiger partial charge is 0.339 e. The summed E-state index contributed by atoms with van der Waals surface area (Å²) in [6.07, 6.45) is 1.41. The minimum Gasteiger partial charge on any atom is -0.507 e. The minimum atomic E-state index is -1.13. The first-order valence-corrected chi connectivity index (χ1v) is 6.40. The lowest BCUT2D eigenvalue weighted by Gasteiger charge is -2.06. The second-order valence-corrected chi connectivity index (χ2v) is 4.98. The van der Waals surface area contributed by atoms with Gasteiger partial charge in [0.1, 0.15) is 11.3 Å². The van der Waals surface area contributed by atoms with Crippen LogP contribution < -0.4 is 5.32 Å². The zero-order valence-corrected chi connectivity index (χ0v) is 12.0. The van der Waals surface area contributed by atoms with Crippen LogP contribution in [0.4, 0.5) is 5.69 Å². The second kappa shape index (κ2) is 5.38. The molecular weight excluding hydrogens is 328 g/mol. The zero-order valence-electron chi connectivity index (χ0n) is 10.4. The summed E-state index contributed by atoms with van der Waals surface area (Å²) in [7, 11) is 0. The molecule has 20 heavy (non-hydrogen) atoms. The van der Waals surface area contributed by atoms with Crippen molar-refractivity contribution in [3.05, 3.63) is 45.7 Å². The summed E-state index contributed by atoms with van der Waals surface area (Å²) in [5.74, 6) is -1.70. The van der Waals surface area contributed by atoms with Crippen LogP contribution in [-0.4, -0.2) is 27.1 Å². The predicted octanol–water partition coefficient (Wildman–Crippen LogP) is 2.74. The number of hydrogen-bond donors (Lipinski definition) is 4. The summed E-state index contributed by atoms with van der Waals surface area (Å²) in [5, 5.41) is 21.1. The fraction of sp³-hybridized carbons (Fsp3) is 0.0769. The van der Waals surface area contributed by atoms with E-state index in [-0.39, 0.29) is 22.6 Å². The van der Waals surface area contributed by atoms with Crippen molar-refractivity contribution in [2.75, 3.05) is 5.32 Å². The van der Waals surface area contributed by atoms with Crippen LogP contribution in [0.5, 0.6) is 5.75 Å². The summed E-state index contributed by atoms with van der Waals surface area (Å²) < 4.78 is 0.470. The van der Waals surface area contributed by atoms with Crippen molar-refractivity contribution < 1.29 is 19.8 Å². The molecule has 104 valence electrons. The molecule has 2 aromatic rings. The van der Waals surface area contributed by atoms with Crippen LogP contribution in [0.1, 0.15) is 26.4 Å². The number of H-pyrrole nitrogens is 1. The summed E-state index contributed by atoms with van der Waals surface area (Å²) in [4.78, 5) is 25.9. The molecule has 7 heteroatoms. The van der Waals surface area contributed by atoms with Crippen LogP contribution in [0.3, 0.4) is 0 Å². The molecule has 0 radical (unpaired) electrons. The molecule has 1 amide bonds. The van der Waals surface area contributed by atoms with E-state index in [1.165, 1.54) is 24.4 Å². The Bertz CT molecular complexity index is 694. The van der Waals surface area contributed by atoms with Gasteiger partial charge in [0, 0.05) is 17.5 Å². The Morgan fingerprint density at radius 2 is 2.05 bits per heavy atom. The molecule has 1 aromatic carbocycles. The molecule has 2 rings (SSSR count). The number of aromatic nitrogens is 1. The molecular formula is C13H11BrN2O4. The standard InChI is InChI=1S/C13H11BrN2O4/c1-6-11(13(19)20)9(5-15-6)16-12(18)7-2-3-8(14)10(17)4-7/h2-5,15,17H,1H3,(H,16,18)(H,19,20). The van der Waals surface area contributed by atoms with E-state index in [1.807, 2.05) is 0 Å². The summed E-state index contributed by atoms with van der Waals surface area (Å²) in [5.41, 5.74) is 0.870. The third-order valence-electron chi connectivity index (χ3n) is 2.75. The number of aromatic carboxylic acids is 1. The van der Waals surface area contributed by atoms with Gasteiger partial charge in [-0.2, -0.15) is 0 Å². The van der Waals surface area contributed by atoms with Crippen LogP contribution in [-0.2, 0) is 0 Å². The van der Waals surface area contributed by atoms with Crippen molar-refractivity contribution in [1.82, 2.24) is 4.98 Å². The van der Waals surface area contributed by atoms with E-state index in [2.05, 4.69) is 26.2 Å². The number of nitrogens with one attached hydrogen (secondary N) is 2. The highest BCUT2D eigenvalue weighted by molar-refractivity contribution is 9.10. The maximum atomic E-state index is 12.0. The Balaban J connectivity index is 2.28. The first-order chi connectivity index (χ1) is 9.40. The lowest BCUT2D eigenvalue weighted by atomic mass is 10.2. The van der Waals surface area contributed by atoms with E-state index in [1.54, 1.807) is 6.92 Å². The first-order valence-electron chi connectivity index (χ1n) is 5.61. The van der Waals surface area contributed by atoms with Crippen LogP contribution in [0.15, 0.2) is 28.9 Å². The van der Waals surface area contributed by atoms with Crippen molar-refractivity contribution in [2.45, 2.75) is 6.92 Å².